The molecule has 0 aliphatic carbocycles. The van der Waals surface area contributed by atoms with Crippen LogP contribution in [0.5, 0.6) is 0 Å². The van der Waals surface area contributed by atoms with Crippen LogP contribution in [-0.2, 0) is 6.42 Å². The Morgan fingerprint density at radius 3 is 2.57 bits per heavy atom. The highest BCUT2D eigenvalue weighted by atomic mass is 19.1. The normalized spacial score (nSPS) is 29.0. The number of rotatable bonds is 6. The van der Waals surface area contributed by atoms with Gasteiger partial charge in [0.15, 0.2) is 0 Å². The molecule has 0 radical (unpaired) electrons. The first kappa shape index (κ1) is 15.0. The quantitative estimate of drug-likeness (QED) is 0.864. The van der Waals surface area contributed by atoms with Gasteiger partial charge in [0.25, 0.3) is 0 Å². The molecular weight excluding hydrogens is 263 g/mol. The fourth-order valence-corrected chi connectivity index (χ4v) is 4.11. The average Bonchev–Trinajstić information content (AvgIpc) is 2.73. The molecule has 2 aliphatic rings. The monoisotopic (exact) mass is 290 g/mol. The Balaban J connectivity index is 1.55. The Hall–Kier alpha value is -0.930. The Labute approximate surface area is 127 Å². The highest BCUT2D eigenvalue weighted by molar-refractivity contribution is 5.17. The van der Waals surface area contributed by atoms with E-state index in [1.54, 1.807) is 12.1 Å². The van der Waals surface area contributed by atoms with Crippen LogP contribution < -0.4 is 5.32 Å². The number of hydrogen-bond donors (Lipinski definition) is 1. The number of nitrogens with zero attached hydrogens (tertiary/aromatic N) is 1. The van der Waals surface area contributed by atoms with Crippen molar-refractivity contribution < 1.29 is 4.39 Å². The topological polar surface area (TPSA) is 15.3 Å². The number of nitrogens with one attached hydrogen (secondary N) is 1. The summed E-state index contributed by atoms with van der Waals surface area (Å²) in [7, 11) is 0. The molecule has 2 heterocycles. The lowest BCUT2D eigenvalue weighted by Gasteiger charge is -2.39. The summed E-state index contributed by atoms with van der Waals surface area (Å²) in [5.41, 5.74) is 0.864. The van der Waals surface area contributed by atoms with E-state index in [-0.39, 0.29) is 5.82 Å². The predicted molar refractivity (Wildman–Crippen MR) is 84.9 cm³/mol. The van der Waals surface area contributed by atoms with E-state index in [2.05, 4.69) is 17.1 Å². The molecule has 0 aromatic heterocycles. The predicted octanol–water partition coefficient (Wildman–Crippen LogP) is 3.36. The van der Waals surface area contributed by atoms with Crippen LogP contribution in [0.25, 0.3) is 0 Å². The van der Waals surface area contributed by atoms with Gasteiger partial charge in [0.05, 0.1) is 0 Å². The fraction of sp³-hybridized carbons (Fsp3) is 0.667. The summed E-state index contributed by atoms with van der Waals surface area (Å²) in [5.74, 6) is -0.0515. The van der Waals surface area contributed by atoms with Crippen molar-refractivity contribution >= 4 is 0 Å². The second-order valence-corrected chi connectivity index (χ2v) is 6.59. The Bertz CT molecular complexity index is 448. The summed E-state index contributed by atoms with van der Waals surface area (Å²) in [6, 6.07) is 9.33. The molecule has 3 rings (SSSR count). The van der Waals surface area contributed by atoms with Gasteiger partial charge in [-0.1, -0.05) is 25.1 Å². The summed E-state index contributed by atoms with van der Waals surface area (Å²) < 4.78 is 13.7. The van der Waals surface area contributed by atoms with Crippen molar-refractivity contribution in [2.75, 3.05) is 13.1 Å². The SMILES string of the molecule is CCCNC1CC2CCC(C1)N2CCc1ccccc1F. The third-order valence-corrected chi connectivity index (χ3v) is 5.16. The zero-order chi connectivity index (χ0) is 14.7. The minimum Gasteiger partial charge on any atom is -0.314 e. The maximum Gasteiger partial charge on any atom is 0.126 e. The van der Waals surface area contributed by atoms with Crippen LogP contribution in [0.15, 0.2) is 24.3 Å². The largest absolute Gasteiger partial charge is 0.314 e. The maximum atomic E-state index is 13.7. The number of halogens is 1. The van der Waals surface area contributed by atoms with Crippen molar-refractivity contribution in [2.45, 2.75) is 63.6 Å². The highest BCUT2D eigenvalue weighted by Gasteiger charge is 2.39. The number of benzene rings is 1. The van der Waals surface area contributed by atoms with Crippen LogP contribution >= 0.6 is 0 Å². The minimum atomic E-state index is -0.0515. The van der Waals surface area contributed by atoms with Gasteiger partial charge in [-0.05, 0) is 56.7 Å². The van der Waals surface area contributed by atoms with E-state index >= 15 is 0 Å². The van der Waals surface area contributed by atoms with Gasteiger partial charge >= 0.3 is 0 Å². The first-order valence-electron chi connectivity index (χ1n) is 8.50. The molecule has 1 aromatic rings. The van der Waals surface area contributed by atoms with Gasteiger partial charge < -0.3 is 5.32 Å². The average molecular weight is 290 g/mol. The molecule has 0 spiro atoms. The van der Waals surface area contributed by atoms with Crippen LogP contribution in [0.1, 0.15) is 44.6 Å². The van der Waals surface area contributed by atoms with Crippen molar-refractivity contribution in [2.24, 2.45) is 0 Å². The van der Waals surface area contributed by atoms with Crippen LogP contribution in [0.3, 0.4) is 0 Å². The third kappa shape index (κ3) is 3.46. The molecule has 2 bridgehead atoms. The van der Waals surface area contributed by atoms with Gasteiger partial charge in [0, 0.05) is 24.7 Å². The third-order valence-electron chi connectivity index (χ3n) is 5.16. The summed E-state index contributed by atoms with van der Waals surface area (Å²) in [4.78, 5) is 2.65. The molecule has 21 heavy (non-hydrogen) atoms. The van der Waals surface area contributed by atoms with E-state index in [1.165, 1.54) is 32.1 Å². The maximum absolute atomic E-state index is 13.7. The minimum absolute atomic E-state index is 0.0515. The zero-order valence-corrected chi connectivity index (χ0v) is 13.0. The van der Waals surface area contributed by atoms with E-state index in [4.69, 9.17) is 0 Å². The summed E-state index contributed by atoms with van der Waals surface area (Å²) in [6.07, 6.45) is 7.25. The lowest BCUT2D eigenvalue weighted by Crippen LogP contribution is -2.49. The molecule has 2 fully saturated rings. The first-order valence-corrected chi connectivity index (χ1v) is 8.50. The second kappa shape index (κ2) is 6.89. The van der Waals surface area contributed by atoms with E-state index < -0.39 is 0 Å². The van der Waals surface area contributed by atoms with Crippen molar-refractivity contribution in [3.05, 3.63) is 35.6 Å². The van der Waals surface area contributed by atoms with Crippen molar-refractivity contribution in [1.29, 1.82) is 0 Å². The van der Waals surface area contributed by atoms with Crippen molar-refractivity contribution in [1.82, 2.24) is 10.2 Å². The number of hydrogen-bond acceptors (Lipinski definition) is 2. The standard InChI is InChI=1S/C18H27FN2/c1-2-10-20-15-12-16-7-8-17(13-15)21(16)11-9-14-5-3-4-6-18(14)19/h3-6,15-17,20H,2,7-13H2,1H3. The Morgan fingerprint density at radius 1 is 1.19 bits per heavy atom. The van der Waals surface area contributed by atoms with Gasteiger partial charge in [0.1, 0.15) is 5.82 Å². The lowest BCUT2D eigenvalue weighted by atomic mass is 9.96. The van der Waals surface area contributed by atoms with E-state index in [1.807, 2.05) is 12.1 Å². The highest BCUT2D eigenvalue weighted by Crippen LogP contribution is 2.35. The van der Waals surface area contributed by atoms with E-state index in [0.29, 0.717) is 18.1 Å². The molecule has 2 aliphatic heterocycles. The van der Waals surface area contributed by atoms with Gasteiger partial charge in [-0.25, -0.2) is 4.39 Å². The molecule has 0 amide bonds. The summed E-state index contributed by atoms with van der Waals surface area (Å²) in [6.45, 7) is 4.38. The molecule has 3 heteroatoms. The van der Waals surface area contributed by atoms with E-state index in [9.17, 15) is 4.39 Å². The van der Waals surface area contributed by atoms with E-state index in [0.717, 1.165) is 25.1 Å². The number of piperidine rings is 1. The van der Waals surface area contributed by atoms with Gasteiger partial charge in [-0.15, -0.1) is 0 Å². The Morgan fingerprint density at radius 2 is 1.90 bits per heavy atom. The Kier molecular flexibility index (Phi) is 4.91. The molecule has 2 unspecified atom stereocenters. The smallest absolute Gasteiger partial charge is 0.126 e. The molecule has 1 N–H and O–H groups in total. The van der Waals surface area contributed by atoms with Crippen molar-refractivity contribution in [3.8, 4) is 0 Å². The van der Waals surface area contributed by atoms with Crippen LogP contribution in [0.2, 0.25) is 0 Å². The van der Waals surface area contributed by atoms with Crippen LogP contribution in [0.4, 0.5) is 4.39 Å². The summed E-state index contributed by atoms with van der Waals surface area (Å²) in [5, 5.41) is 3.69. The zero-order valence-electron chi connectivity index (χ0n) is 13.0. The van der Waals surface area contributed by atoms with Crippen molar-refractivity contribution in [3.63, 3.8) is 0 Å². The fourth-order valence-electron chi connectivity index (χ4n) is 4.11. The van der Waals surface area contributed by atoms with Gasteiger partial charge in [-0.2, -0.15) is 0 Å². The molecule has 2 atom stereocenters. The molecule has 1 aromatic carbocycles. The first-order chi connectivity index (χ1) is 10.3. The van der Waals surface area contributed by atoms with Crippen LogP contribution in [-0.4, -0.2) is 36.1 Å². The lowest BCUT2D eigenvalue weighted by molar-refractivity contribution is 0.118. The number of fused-ring (bicyclic) bond motifs is 2. The molecule has 2 nitrogen and oxygen atoms in total. The van der Waals surface area contributed by atoms with Crippen LogP contribution in [0, 0.1) is 5.82 Å². The van der Waals surface area contributed by atoms with Gasteiger partial charge in [0.2, 0.25) is 0 Å². The van der Waals surface area contributed by atoms with Gasteiger partial charge in [-0.3, -0.25) is 4.90 Å². The molecule has 2 saturated heterocycles. The molecular formula is C18H27FN2. The second-order valence-electron chi connectivity index (χ2n) is 6.59. The molecule has 116 valence electrons. The summed E-state index contributed by atoms with van der Waals surface area (Å²) >= 11 is 0. The molecule has 0 saturated carbocycles.